The maximum atomic E-state index is 12.8. The van der Waals surface area contributed by atoms with Gasteiger partial charge in [0.25, 0.3) is 0 Å². The van der Waals surface area contributed by atoms with E-state index in [1.807, 2.05) is 0 Å². The Kier molecular flexibility index (Phi) is 2.12. The van der Waals surface area contributed by atoms with Crippen LogP contribution >= 0.6 is 11.6 Å². The molecule has 6 rings (SSSR count). The molecule has 2 heterocycles. The van der Waals surface area contributed by atoms with Crippen LogP contribution in [0.3, 0.4) is 0 Å². The second-order valence-corrected chi connectivity index (χ2v) is 6.94. The maximum absolute atomic E-state index is 12.8. The first-order valence-electron chi connectivity index (χ1n) is 7.34. The number of allylic oxidation sites excluding steroid dienone is 2. The average molecular weight is 301 g/mol. The van der Waals surface area contributed by atoms with E-state index in [4.69, 9.17) is 11.6 Å². The van der Waals surface area contributed by atoms with Gasteiger partial charge in [-0.15, -0.1) is 0 Å². The second-order valence-electron chi connectivity index (χ2n) is 6.50. The van der Waals surface area contributed by atoms with Crippen LogP contribution in [-0.4, -0.2) is 16.8 Å². The van der Waals surface area contributed by atoms with Crippen LogP contribution in [0.5, 0.6) is 0 Å². The van der Waals surface area contributed by atoms with Crippen LogP contribution in [0.1, 0.15) is 6.42 Å². The van der Waals surface area contributed by atoms with Gasteiger partial charge in [-0.2, -0.15) is 0 Å². The van der Waals surface area contributed by atoms with Crippen molar-refractivity contribution in [2.75, 3.05) is 4.90 Å². The van der Waals surface area contributed by atoms with E-state index < -0.39 is 0 Å². The molecule has 0 unspecified atom stereocenters. The van der Waals surface area contributed by atoms with Crippen molar-refractivity contribution in [1.29, 1.82) is 0 Å². The monoisotopic (exact) mass is 300 g/mol. The third kappa shape index (κ3) is 1.39. The summed E-state index contributed by atoms with van der Waals surface area (Å²) in [5.74, 6) is 1.52. The fourth-order valence-corrected chi connectivity index (χ4v) is 4.85. The van der Waals surface area contributed by atoms with Crippen LogP contribution in [-0.2, 0) is 9.59 Å². The van der Waals surface area contributed by atoms with Gasteiger partial charge in [-0.1, -0.05) is 23.8 Å². The van der Waals surface area contributed by atoms with Crippen LogP contribution in [0.25, 0.3) is 0 Å². The topological polar surface area (TPSA) is 50.3 Å². The van der Waals surface area contributed by atoms with Gasteiger partial charge in [0.15, 0.2) is 0 Å². The highest BCUT2D eigenvalue weighted by atomic mass is 35.5. The summed E-state index contributed by atoms with van der Waals surface area (Å²) in [6.07, 6.45) is 7.04. The predicted molar refractivity (Wildman–Crippen MR) is 76.4 cm³/mol. The molecule has 1 saturated heterocycles. The van der Waals surface area contributed by atoms with Gasteiger partial charge in [0.1, 0.15) is 5.82 Å². The minimum atomic E-state index is -0.183. The molecule has 2 saturated carbocycles. The molecule has 1 aliphatic heterocycles. The van der Waals surface area contributed by atoms with Crippen molar-refractivity contribution >= 4 is 29.2 Å². The molecule has 4 aliphatic carbocycles. The molecular formula is C16H13ClN2O2. The zero-order valence-corrected chi connectivity index (χ0v) is 11.9. The second kappa shape index (κ2) is 3.74. The lowest BCUT2D eigenvalue weighted by molar-refractivity contribution is -0.124. The lowest BCUT2D eigenvalue weighted by atomic mass is 9.63. The summed E-state index contributed by atoms with van der Waals surface area (Å²) in [4.78, 5) is 31.0. The number of rotatable bonds is 1. The molecule has 106 valence electrons. The Hall–Kier alpha value is -1.68. The number of amides is 2. The SMILES string of the molecule is O=C1[C@@H]2[C@H]3C=C[C@H]([C@@H]4C[C@H]34)[C@@H]2C(=O)N1c1cc(Cl)ccn1. The Morgan fingerprint density at radius 1 is 1.10 bits per heavy atom. The number of pyridine rings is 1. The molecule has 6 atom stereocenters. The van der Waals surface area contributed by atoms with Crippen molar-refractivity contribution in [1.82, 2.24) is 4.98 Å². The number of aromatic nitrogens is 1. The van der Waals surface area contributed by atoms with Gasteiger partial charge in [0.2, 0.25) is 11.8 Å². The summed E-state index contributed by atoms with van der Waals surface area (Å²) >= 11 is 5.97. The molecule has 2 bridgehead atoms. The normalized spacial score (nSPS) is 42.2. The highest BCUT2D eigenvalue weighted by Gasteiger charge is 2.67. The smallest absolute Gasteiger partial charge is 0.239 e. The van der Waals surface area contributed by atoms with Crippen molar-refractivity contribution < 1.29 is 9.59 Å². The van der Waals surface area contributed by atoms with E-state index in [1.54, 1.807) is 12.1 Å². The summed E-state index contributed by atoms with van der Waals surface area (Å²) < 4.78 is 0. The number of imide groups is 1. The van der Waals surface area contributed by atoms with Crippen molar-refractivity contribution in [3.05, 3.63) is 35.5 Å². The Labute approximate surface area is 126 Å². The van der Waals surface area contributed by atoms with Gasteiger partial charge in [-0.05, 0) is 36.2 Å². The first-order valence-corrected chi connectivity index (χ1v) is 7.72. The highest BCUT2D eigenvalue weighted by Crippen LogP contribution is 2.65. The minimum Gasteiger partial charge on any atom is -0.274 e. The quantitative estimate of drug-likeness (QED) is 0.590. The van der Waals surface area contributed by atoms with Crippen LogP contribution in [0.15, 0.2) is 30.5 Å². The van der Waals surface area contributed by atoms with Crippen molar-refractivity contribution in [2.24, 2.45) is 35.5 Å². The molecular weight excluding hydrogens is 288 g/mol. The largest absolute Gasteiger partial charge is 0.274 e. The van der Waals surface area contributed by atoms with E-state index in [9.17, 15) is 9.59 Å². The van der Waals surface area contributed by atoms with E-state index in [2.05, 4.69) is 17.1 Å². The summed E-state index contributed by atoms with van der Waals surface area (Å²) in [5.41, 5.74) is 0. The van der Waals surface area contributed by atoms with Crippen molar-refractivity contribution in [3.63, 3.8) is 0 Å². The molecule has 0 aromatic carbocycles. The number of anilines is 1. The molecule has 1 aromatic heterocycles. The Balaban J connectivity index is 1.60. The average Bonchev–Trinajstić information content (AvgIpc) is 3.24. The lowest BCUT2D eigenvalue weighted by Gasteiger charge is -2.37. The van der Waals surface area contributed by atoms with Gasteiger partial charge in [0, 0.05) is 17.3 Å². The van der Waals surface area contributed by atoms with E-state index in [1.165, 1.54) is 17.5 Å². The zero-order chi connectivity index (χ0) is 14.3. The van der Waals surface area contributed by atoms with Crippen molar-refractivity contribution in [2.45, 2.75) is 6.42 Å². The first-order chi connectivity index (χ1) is 10.2. The van der Waals surface area contributed by atoms with Gasteiger partial charge >= 0.3 is 0 Å². The van der Waals surface area contributed by atoms with Gasteiger partial charge < -0.3 is 0 Å². The molecule has 5 aliphatic rings. The molecule has 2 amide bonds. The summed E-state index contributed by atoms with van der Waals surface area (Å²) in [5, 5.41) is 0.486. The molecule has 21 heavy (non-hydrogen) atoms. The maximum Gasteiger partial charge on any atom is 0.239 e. The summed E-state index contributed by atoms with van der Waals surface area (Å²) in [6.45, 7) is 0. The van der Waals surface area contributed by atoms with Gasteiger partial charge in [-0.25, -0.2) is 9.88 Å². The molecule has 1 aromatic rings. The number of halogens is 1. The fraction of sp³-hybridized carbons (Fsp3) is 0.438. The van der Waals surface area contributed by atoms with Crippen molar-refractivity contribution in [3.8, 4) is 0 Å². The third-order valence-corrected chi connectivity index (χ3v) is 5.83. The number of hydrogen-bond acceptors (Lipinski definition) is 3. The fourth-order valence-electron chi connectivity index (χ4n) is 4.70. The van der Waals surface area contributed by atoms with E-state index in [0.717, 1.165) is 0 Å². The van der Waals surface area contributed by atoms with Gasteiger partial charge in [0.05, 0.1) is 11.8 Å². The first kappa shape index (κ1) is 11.9. The zero-order valence-electron chi connectivity index (χ0n) is 11.1. The molecule has 3 fully saturated rings. The van der Waals surface area contributed by atoms with Gasteiger partial charge in [-0.3, -0.25) is 9.59 Å². The molecule has 0 spiro atoms. The summed E-state index contributed by atoms with van der Waals surface area (Å²) in [7, 11) is 0. The number of carbonyl (C=O) groups is 2. The number of nitrogens with zero attached hydrogens (tertiary/aromatic N) is 2. The molecule has 5 heteroatoms. The Bertz CT molecular complexity index is 680. The number of carbonyl (C=O) groups excluding carboxylic acids is 2. The Morgan fingerprint density at radius 3 is 2.29 bits per heavy atom. The van der Waals surface area contributed by atoms with Crippen LogP contribution < -0.4 is 4.90 Å². The highest BCUT2D eigenvalue weighted by molar-refractivity contribution is 6.31. The number of hydrogen-bond donors (Lipinski definition) is 0. The Morgan fingerprint density at radius 2 is 1.71 bits per heavy atom. The minimum absolute atomic E-state index is 0.0931. The van der Waals surface area contributed by atoms with E-state index in [-0.39, 0.29) is 35.5 Å². The predicted octanol–water partition coefficient (Wildman–Crippen LogP) is 2.29. The van der Waals surface area contributed by atoms with Crippen LogP contribution in [0.2, 0.25) is 5.02 Å². The van der Waals surface area contributed by atoms with E-state index >= 15 is 0 Å². The van der Waals surface area contributed by atoms with Crippen LogP contribution in [0.4, 0.5) is 5.82 Å². The third-order valence-electron chi connectivity index (χ3n) is 5.60. The molecule has 0 radical (unpaired) electrons. The van der Waals surface area contributed by atoms with E-state index in [0.29, 0.717) is 22.7 Å². The molecule has 0 N–H and O–H groups in total. The van der Waals surface area contributed by atoms with Crippen LogP contribution in [0, 0.1) is 35.5 Å². The molecule has 4 nitrogen and oxygen atoms in total. The summed E-state index contributed by atoms with van der Waals surface area (Å²) in [6, 6.07) is 3.23. The lowest BCUT2D eigenvalue weighted by Crippen LogP contribution is -2.40. The standard InChI is InChI=1S/C16H13ClN2O2/c17-7-3-4-18-12(5-7)19-15(20)13-8-1-2-9(11-6-10(8)11)14(13)16(19)21/h1-5,8-11,13-14H,6H2/t8-,9+,10+,11-,13+,14-.